The van der Waals surface area contributed by atoms with Crippen LogP contribution in [0.1, 0.15) is 27.9 Å². The van der Waals surface area contributed by atoms with Gasteiger partial charge in [0.2, 0.25) is 5.95 Å². The highest BCUT2D eigenvalue weighted by molar-refractivity contribution is 6.04. The van der Waals surface area contributed by atoms with Gasteiger partial charge in [-0.2, -0.15) is 15.0 Å². The summed E-state index contributed by atoms with van der Waals surface area (Å²) in [6, 6.07) is 12.5. The van der Waals surface area contributed by atoms with Crippen molar-refractivity contribution in [3.05, 3.63) is 65.0 Å². The molecule has 174 valence electrons. The SMILES string of the molecule is COc1nc2c(C(N)=O)cc(F)cc2n1-c1nc(NCc2ccccc2)c2c(n1)N(C)CCC2. The Morgan fingerprint density at radius 1 is 1.21 bits per heavy atom. The topological polar surface area (TPSA) is 111 Å². The largest absolute Gasteiger partial charge is 0.468 e. The molecule has 0 saturated heterocycles. The number of hydrogen-bond donors (Lipinski definition) is 2. The predicted molar refractivity (Wildman–Crippen MR) is 127 cm³/mol. The van der Waals surface area contributed by atoms with Crippen molar-refractivity contribution in [2.45, 2.75) is 19.4 Å². The number of nitrogens with zero attached hydrogens (tertiary/aromatic N) is 5. The number of nitrogens with two attached hydrogens (primary N) is 1. The quantitative estimate of drug-likeness (QED) is 0.454. The number of carbonyl (C=O) groups excluding carboxylic acids is 1. The number of benzene rings is 2. The first-order valence-corrected chi connectivity index (χ1v) is 10.9. The molecule has 10 heteroatoms. The highest BCUT2D eigenvalue weighted by atomic mass is 19.1. The van der Waals surface area contributed by atoms with Crippen molar-refractivity contribution in [3.8, 4) is 12.0 Å². The molecule has 9 nitrogen and oxygen atoms in total. The van der Waals surface area contributed by atoms with E-state index in [1.54, 1.807) is 0 Å². The van der Waals surface area contributed by atoms with Crippen molar-refractivity contribution in [3.63, 3.8) is 0 Å². The van der Waals surface area contributed by atoms with Gasteiger partial charge in [0.05, 0.1) is 18.2 Å². The normalized spacial score (nSPS) is 13.1. The fourth-order valence-electron chi connectivity index (χ4n) is 4.27. The maximum absolute atomic E-state index is 14.4. The average molecular weight is 462 g/mol. The second-order valence-electron chi connectivity index (χ2n) is 8.16. The van der Waals surface area contributed by atoms with Gasteiger partial charge in [-0.25, -0.2) is 8.96 Å². The Morgan fingerprint density at radius 3 is 2.74 bits per heavy atom. The first-order chi connectivity index (χ1) is 16.5. The maximum atomic E-state index is 14.4. The third kappa shape index (κ3) is 3.76. The van der Waals surface area contributed by atoms with Gasteiger partial charge in [-0.05, 0) is 24.5 Å². The zero-order chi connectivity index (χ0) is 23.8. The van der Waals surface area contributed by atoms with Crippen molar-refractivity contribution >= 4 is 28.6 Å². The number of amides is 1. The van der Waals surface area contributed by atoms with E-state index >= 15 is 0 Å². The first-order valence-electron chi connectivity index (χ1n) is 10.9. The van der Waals surface area contributed by atoms with Crippen LogP contribution in [0.15, 0.2) is 42.5 Å². The molecule has 0 bridgehead atoms. The van der Waals surface area contributed by atoms with E-state index in [9.17, 15) is 9.18 Å². The van der Waals surface area contributed by atoms with Crippen molar-refractivity contribution in [2.24, 2.45) is 5.73 Å². The van der Waals surface area contributed by atoms with Gasteiger partial charge in [-0.15, -0.1) is 0 Å². The van der Waals surface area contributed by atoms with Crippen LogP contribution in [0.5, 0.6) is 6.01 Å². The number of halogens is 1. The number of hydrogen-bond acceptors (Lipinski definition) is 7. The van der Waals surface area contributed by atoms with E-state index in [1.165, 1.54) is 17.7 Å². The van der Waals surface area contributed by atoms with Crippen LogP contribution in [-0.2, 0) is 13.0 Å². The van der Waals surface area contributed by atoms with Gasteiger partial charge in [-0.3, -0.25) is 4.79 Å². The second-order valence-corrected chi connectivity index (χ2v) is 8.16. The van der Waals surface area contributed by atoms with Crippen molar-refractivity contribution in [2.75, 3.05) is 30.9 Å². The van der Waals surface area contributed by atoms with E-state index in [0.29, 0.717) is 12.4 Å². The molecule has 0 fully saturated rings. The number of aromatic nitrogens is 4. The maximum Gasteiger partial charge on any atom is 0.304 e. The van der Waals surface area contributed by atoms with E-state index in [0.717, 1.165) is 42.4 Å². The molecule has 5 rings (SSSR count). The average Bonchev–Trinajstić information content (AvgIpc) is 3.21. The highest BCUT2D eigenvalue weighted by Gasteiger charge is 2.26. The Balaban J connectivity index is 1.69. The lowest BCUT2D eigenvalue weighted by Crippen LogP contribution is -2.28. The lowest BCUT2D eigenvalue weighted by molar-refractivity contribution is 0.100. The van der Waals surface area contributed by atoms with Crippen LogP contribution in [0.25, 0.3) is 17.0 Å². The number of nitrogens with one attached hydrogen (secondary N) is 1. The van der Waals surface area contributed by atoms with Gasteiger partial charge in [0.15, 0.2) is 0 Å². The molecule has 1 amide bonds. The fraction of sp³-hybridized carbons (Fsp3) is 0.250. The highest BCUT2D eigenvalue weighted by Crippen LogP contribution is 2.34. The lowest BCUT2D eigenvalue weighted by Gasteiger charge is -2.28. The number of methoxy groups -OCH3 is 1. The number of primary amides is 1. The summed E-state index contributed by atoms with van der Waals surface area (Å²) in [6.45, 7) is 1.43. The van der Waals surface area contributed by atoms with Gasteiger partial charge in [0.25, 0.3) is 5.91 Å². The zero-order valence-electron chi connectivity index (χ0n) is 18.9. The smallest absolute Gasteiger partial charge is 0.304 e. The third-order valence-electron chi connectivity index (χ3n) is 5.90. The van der Waals surface area contributed by atoms with E-state index in [4.69, 9.17) is 20.4 Å². The van der Waals surface area contributed by atoms with Gasteiger partial charge in [0, 0.05) is 31.8 Å². The number of fused-ring (bicyclic) bond motifs is 2. The summed E-state index contributed by atoms with van der Waals surface area (Å²) in [5, 5.41) is 3.44. The Morgan fingerprint density at radius 2 is 2.00 bits per heavy atom. The van der Waals surface area contributed by atoms with Crippen LogP contribution < -0.4 is 20.7 Å². The molecular formula is C24H24FN7O2. The van der Waals surface area contributed by atoms with Gasteiger partial charge in [-0.1, -0.05) is 30.3 Å². The van der Waals surface area contributed by atoms with Crippen LogP contribution in [0.3, 0.4) is 0 Å². The van der Waals surface area contributed by atoms with E-state index in [-0.39, 0.29) is 28.6 Å². The minimum atomic E-state index is -0.784. The lowest BCUT2D eigenvalue weighted by atomic mass is 10.1. The molecule has 3 N–H and O–H groups in total. The van der Waals surface area contributed by atoms with Gasteiger partial charge < -0.3 is 20.7 Å². The molecule has 0 atom stereocenters. The summed E-state index contributed by atoms with van der Waals surface area (Å²) in [7, 11) is 3.42. The standard InChI is InChI=1S/C24H24FN7O2/c1-31-10-6-9-16-21(27-13-14-7-4-3-5-8-14)29-23(30-22(16)31)32-18-12-15(25)11-17(20(26)33)19(18)28-24(32)34-2/h3-5,7-8,11-12H,6,9-10,13H2,1-2H3,(H2,26,33)(H,27,29,30). The van der Waals surface area contributed by atoms with Gasteiger partial charge >= 0.3 is 6.01 Å². The Labute approximate surface area is 195 Å². The van der Waals surface area contributed by atoms with Crippen molar-refractivity contribution in [1.82, 2.24) is 19.5 Å². The summed E-state index contributed by atoms with van der Waals surface area (Å²) in [4.78, 5) is 28.0. The molecule has 2 aromatic heterocycles. The Bertz CT molecular complexity index is 1390. The molecule has 34 heavy (non-hydrogen) atoms. The molecule has 0 spiro atoms. The predicted octanol–water partition coefficient (Wildman–Crippen LogP) is 3.06. The molecule has 4 aromatic rings. The number of rotatable bonds is 6. The molecule has 0 saturated carbocycles. The zero-order valence-corrected chi connectivity index (χ0v) is 18.9. The summed E-state index contributed by atoms with van der Waals surface area (Å²) in [5.74, 6) is 0.312. The second kappa shape index (κ2) is 8.62. The Kier molecular flexibility index (Phi) is 5.48. The molecule has 0 radical (unpaired) electrons. The molecular weight excluding hydrogens is 437 g/mol. The van der Waals surface area contributed by atoms with Crippen LogP contribution in [0.2, 0.25) is 0 Å². The molecule has 0 unspecified atom stereocenters. The third-order valence-corrected chi connectivity index (χ3v) is 5.90. The monoisotopic (exact) mass is 461 g/mol. The summed E-state index contributed by atoms with van der Waals surface area (Å²) >= 11 is 0. The summed E-state index contributed by atoms with van der Waals surface area (Å²) in [6.07, 6.45) is 1.82. The minimum absolute atomic E-state index is 0.0374. The molecule has 0 aliphatic carbocycles. The molecule has 1 aliphatic heterocycles. The van der Waals surface area contributed by atoms with Gasteiger partial charge in [0.1, 0.15) is 23.0 Å². The molecule has 3 heterocycles. The summed E-state index contributed by atoms with van der Waals surface area (Å²) < 4.78 is 21.4. The van der Waals surface area contributed by atoms with Crippen LogP contribution in [0, 0.1) is 5.82 Å². The van der Waals surface area contributed by atoms with Crippen LogP contribution in [0.4, 0.5) is 16.0 Å². The summed E-state index contributed by atoms with van der Waals surface area (Å²) in [5.41, 5.74) is 8.07. The Hall–Kier alpha value is -4.21. The van der Waals surface area contributed by atoms with Crippen molar-refractivity contribution in [1.29, 1.82) is 0 Å². The van der Waals surface area contributed by atoms with E-state index in [2.05, 4.69) is 15.2 Å². The number of imidazole rings is 1. The molecule has 1 aliphatic rings. The fourth-order valence-corrected chi connectivity index (χ4v) is 4.27. The minimum Gasteiger partial charge on any atom is -0.468 e. The van der Waals surface area contributed by atoms with E-state index < -0.39 is 11.7 Å². The number of ether oxygens (including phenoxy) is 1. The molecule has 2 aromatic carbocycles. The first kappa shape index (κ1) is 21.6. The number of carbonyl (C=O) groups is 1. The van der Waals surface area contributed by atoms with Crippen molar-refractivity contribution < 1.29 is 13.9 Å². The number of anilines is 2. The van der Waals surface area contributed by atoms with Crippen LogP contribution >= 0.6 is 0 Å². The van der Waals surface area contributed by atoms with Crippen LogP contribution in [-0.4, -0.2) is 46.1 Å². The van der Waals surface area contributed by atoms with E-state index in [1.807, 2.05) is 37.4 Å².